The smallest absolute Gasteiger partial charge is 0.336 e. The summed E-state index contributed by atoms with van der Waals surface area (Å²) in [5, 5.41) is 27.8. The highest BCUT2D eigenvalue weighted by molar-refractivity contribution is 6.07. The summed E-state index contributed by atoms with van der Waals surface area (Å²) in [5.41, 5.74) is 6.65. The van der Waals surface area contributed by atoms with Gasteiger partial charge in [-0.1, -0.05) is 18.2 Å². The number of phenolic OH excluding ortho intramolecular Hbond substituents is 1. The van der Waals surface area contributed by atoms with Crippen molar-refractivity contribution >= 4 is 28.8 Å². The van der Waals surface area contributed by atoms with Gasteiger partial charge in [0.25, 0.3) is 0 Å². The van der Waals surface area contributed by atoms with Crippen LogP contribution in [0.25, 0.3) is 33.4 Å². The molecule has 0 spiro atoms. The predicted octanol–water partition coefficient (Wildman–Crippen LogP) is 3.08. The van der Waals surface area contributed by atoms with Crippen molar-refractivity contribution in [2.24, 2.45) is 5.73 Å². The molecule has 5 N–H and O–H groups in total. The summed E-state index contributed by atoms with van der Waals surface area (Å²) in [7, 11) is 0. The molecule has 0 radical (unpaired) electrons. The van der Waals surface area contributed by atoms with Gasteiger partial charge in [-0.05, 0) is 35.9 Å². The van der Waals surface area contributed by atoms with Crippen molar-refractivity contribution < 1.29 is 34.1 Å². The lowest BCUT2D eigenvalue weighted by Crippen LogP contribution is -2.06. The maximum Gasteiger partial charge on any atom is 0.336 e. The Morgan fingerprint density at radius 2 is 1.61 bits per heavy atom. The Morgan fingerprint density at radius 1 is 0.879 bits per heavy atom. The molecule has 0 aromatic heterocycles. The van der Waals surface area contributed by atoms with Crippen LogP contribution in [0, 0.1) is 0 Å². The maximum atomic E-state index is 11.7. The zero-order valence-corrected chi connectivity index (χ0v) is 16.9. The molecule has 0 saturated carbocycles. The first kappa shape index (κ1) is 22.8. The molecule has 0 unspecified atom stereocenters. The number of aromatic carboxylic acids is 1. The quantitative estimate of drug-likeness (QED) is 0.273. The van der Waals surface area contributed by atoms with E-state index in [2.05, 4.69) is 5.73 Å². The molecule has 9 nitrogen and oxygen atoms in total. The number of carbonyl (C=O) groups is 3. The molecule has 0 bridgehead atoms. The fourth-order valence-corrected chi connectivity index (χ4v) is 3.19. The van der Waals surface area contributed by atoms with Crippen molar-refractivity contribution in [3.63, 3.8) is 0 Å². The third-order valence-corrected chi connectivity index (χ3v) is 4.49. The van der Waals surface area contributed by atoms with Crippen LogP contribution in [0.4, 0.5) is 0 Å². The fourth-order valence-electron chi connectivity index (χ4n) is 3.19. The third kappa shape index (κ3) is 5.23. The number of rotatable bonds is 4. The normalized spacial score (nSPS) is 10.7. The summed E-state index contributed by atoms with van der Waals surface area (Å²) in [6.45, 7) is 0. The number of phenols is 1. The van der Waals surface area contributed by atoms with Gasteiger partial charge in [-0.2, -0.15) is 0 Å². The van der Waals surface area contributed by atoms with Crippen molar-refractivity contribution in [3.8, 4) is 28.2 Å². The standard InChI is InChI=1S/C20H12O5.C4H5NO3/c21-11-5-7-15-17(9-11)25-18-10-12(22)6-8-16(18)19(15)13-3-1-2-4-14(13)20(23)24;5-3(6)1-2-4(7)8/h1-10,21H,(H,23,24);1-2H,(H2,5,6)(H,7,8)/b;2-1-. The van der Waals surface area contributed by atoms with Gasteiger partial charge < -0.3 is 25.5 Å². The molecule has 2 aromatic carbocycles. The summed E-state index contributed by atoms with van der Waals surface area (Å²) in [6.07, 6.45) is 1.46. The lowest BCUT2D eigenvalue weighted by atomic mass is 9.91. The van der Waals surface area contributed by atoms with Gasteiger partial charge in [0.2, 0.25) is 5.91 Å². The molecule has 1 aliphatic carbocycles. The van der Waals surface area contributed by atoms with Crippen molar-refractivity contribution in [1.29, 1.82) is 0 Å². The molecule has 33 heavy (non-hydrogen) atoms. The second-order valence-corrected chi connectivity index (χ2v) is 6.74. The summed E-state index contributed by atoms with van der Waals surface area (Å²) in [4.78, 5) is 42.8. The largest absolute Gasteiger partial charge is 0.508 e. The highest BCUT2D eigenvalue weighted by Crippen LogP contribution is 2.41. The van der Waals surface area contributed by atoms with E-state index in [9.17, 15) is 29.4 Å². The van der Waals surface area contributed by atoms with E-state index in [1.54, 1.807) is 30.3 Å². The van der Waals surface area contributed by atoms with E-state index in [-0.39, 0.29) is 16.7 Å². The highest BCUT2D eigenvalue weighted by Gasteiger charge is 2.21. The number of carboxylic acid groups (broad SMARTS) is 2. The monoisotopic (exact) mass is 447 g/mol. The Morgan fingerprint density at radius 3 is 2.24 bits per heavy atom. The number of hydrogen-bond acceptors (Lipinski definition) is 6. The first-order valence-electron chi connectivity index (χ1n) is 9.40. The number of nitrogens with two attached hydrogens (primary N) is 1. The molecule has 4 rings (SSSR count). The lowest BCUT2D eigenvalue weighted by molar-refractivity contribution is -0.131. The molecule has 166 valence electrons. The summed E-state index contributed by atoms with van der Waals surface area (Å²) >= 11 is 0. The number of carboxylic acids is 2. The van der Waals surface area contributed by atoms with E-state index in [0.717, 1.165) is 6.08 Å². The fraction of sp³-hybridized carbons (Fsp3) is 0. The minimum absolute atomic E-state index is 0.0198. The zero-order valence-electron chi connectivity index (χ0n) is 16.9. The van der Waals surface area contributed by atoms with Crippen LogP contribution in [0.5, 0.6) is 5.75 Å². The van der Waals surface area contributed by atoms with E-state index in [1.807, 2.05) is 0 Å². The number of primary amides is 1. The van der Waals surface area contributed by atoms with E-state index in [4.69, 9.17) is 9.52 Å². The molecule has 1 heterocycles. The number of aliphatic carboxylic acids is 1. The van der Waals surface area contributed by atoms with Gasteiger partial charge in [0, 0.05) is 40.8 Å². The Kier molecular flexibility index (Phi) is 6.54. The number of aromatic hydroxyl groups is 1. The first-order valence-corrected chi connectivity index (χ1v) is 9.40. The summed E-state index contributed by atoms with van der Waals surface area (Å²) in [6, 6.07) is 15.7. The van der Waals surface area contributed by atoms with Crippen LogP contribution in [-0.2, 0) is 9.59 Å². The van der Waals surface area contributed by atoms with E-state index in [1.165, 1.54) is 30.3 Å². The Bertz CT molecular complexity index is 1420. The summed E-state index contributed by atoms with van der Waals surface area (Å²) < 4.78 is 5.76. The van der Waals surface area contributed by atoms with Gasteiger partial charge in [-0.15, -0.1) is 0 Å². The van der Waals surface area contributed by atoms with Crippen molar-refractivity contribution in [3.05, 3.63) is 88.6 Å². The minimum Gasteiger partial charge on any atom is -0.508 e. The number of benzene rings is 3. The second kappa shape index (κ2) is 9.48. The minimum atomic E-state index is -1.18. The summed E-state index contributed by atoms with van der Waals surface area (Å²) in [5.74, 6) is -2.62. The molecular formula is C24H17NO8. The van der Waals surface area contributed by atoms with Gasteiger partial charge >= 0.3 is 11.9 Å². The number of fused-ring (bicyclic) bond motifs is 2. The van der Waals surface area contributed by atoms with Crippen molar-refractivity contribution in [2.45, 2.75) is 0 Å². The maximum absolute atomic E-state index is 11.7. The van der Waals surface area contributed by atoms with Gasteiger partial charge in [-0.25, -0.2) is 9.59 Å². The van der Waals surface area contributed by atoms with Crippen LogP contribution in [0.3, 0.4) is 0 Å². The first-order chi connectivity index (χ1) is 15.7. The molecule has 0 atom stereocenters. The van der Waals surface area contributed by atoms with E-state index >= 15 is 0 Å². The third-order valence-electron chi connectivity index (χ3n) is 4.49. The number of amides is 1. The Hall–Kier alpha value is -4.92. The molecular weight excluding hydrogens is 430 g/mol. The molecule has 2 aliphatic rings. The highest BCUT2D eigenvalue weighted by atomic mass is 16.4. The lowest BCUT2D eigenvalue weighted by Gasteiger charge is -2.16. The average molecular weight is 447 g/mol. The van der Waals surface area contributed by atoms with E-state index < -0.39 is 17.8 Å². The van der Waals surface area contributed by atoms with Gasteiger partial charge in [0.05, 0.1) is 5.56 Å². The topological polar surface area (TPSA) is 168 Å². The number of hydrogen-bond donors (Lipinski definition) is 4. The van der Waals surface area contributed by atoms with Gasteiger partial charge in [0.15, 0.2) is 5.43 Å². The SMILES string of the molecule is NC(=O)/C=C\C(=O)O.O=C(O)c1ccccc1-c1c2ccc(=O)cc-2oc2cc(O)ccc12. The van der Waals surface area contributed by atoms with Crippen LogP contribution < -0.4 is 11.2 Å². The van der Waals surface area contributed by atoms with Crippen LogP contribution >= 0.6 is 0 Å². The molecule has 0 saturated heterocycles. The molecule has 2 aromatic rings. The Labute approximate surface area is 186 Å². The second-order valence-electron chi connectivity index (χ2n) is 6.74. The molecule has 9 heteroatoms. The molecule has 0 fully saturated rings. The molecule has 1 amide bonds. The van der Waals surface area contributed by atoms with Crippen molar-refractivity contribution in [2.75, 3.05) is 0 Å². The van der Waals surface area contributed by atoms with Gasteiger partial charge in [-0.3, -0.25) is 9.59 Å². The predicted molar refractivity (Wildman–Crippen MR) is 119 cm³/mol. The zero-order chi connectivity index (χ0) is 24.1. The van der Waals surface area contributed by atoms with Crippen LogP contribution in [-0.4, -0.2) is 33.2 Å². The van der Waals surface area contributed by atoms with Crippen molar-refractivity contribution in [1.82, 2.24) is 0 Å². The number of carbonyl (C=O) groups excluding carboxylic acids is 1. The van der Waals surface area contributed by atoms with E-state index in [0.29, 0.717) is 39.5 Å². The average Bonchev–Trinajstić information content (AvgIpc) is 2.76. The van der Waals surface area contributed by atoms with Crippen LogP contribution in [0.15, 0.2) is 82.0 Å². The Balaban J connectivity index is 0.000000331. The molecule has 1 aliphatic heterocycles. The van der Waals surface area contributed by atoms with Crippen LogP contribution in [0.2, 0.25) is 0 Å². The van der Waals surface area contributed by atoms with Gasteiger partial charge in [0.1, 0.15) is 17.1 Å². The van der Waals surface area contributed by atoms with Crippen LogP contribution in [0.1, 0.15) is 10.4 Å².